The Hall–Kier alpha value is -3.00. The highest BCUT2D eigenvalue weighted by atomic mass is 32.2. The van der Waals surface area contributed by atoms with Crippen LogP contribution in [0.2, 0.25) is 0 Å². The van der Waals surface area contributed by atoms with E-state index in [-0.39, 0.29) is 10.7 Å². The average Bonchev–Trinajstić information content (AvgIpc) is 3.11. The molecule has 2 heterocycles. The molecule has 4 rings (SSSR count). The van der Waals surface area contributed by atoms with Gasteiger partial charge in [0.2, 0.25) is 5.65 Å². The Kier molecular flexibility index (Phi) is 4.50. The summed E-state index contributed by atoms with van der Waals surface area (Å²) in [5.41, 5.74) is 1.97. The molecule has 8 heteroatoms. The summed E-state index contributed by atoms with van der Waals surface area (Å²) in [6.45, 7) is 4.22. The smallest absolute Gasteiger partial charge is 0.265 e. The van der Waals surface area contributed by atoms with E-state index < -0.39 is 10.0 Å². The van der Waals surface area contributed by atoms with Crippen molar-refractivity contribution in [1.82, 2.24) is 19.6 Å². The van der Waals surface area contributed by atoms with Crippen LogP contribution < -0.4 is 4.31 Å². The van der Waals surface area contributed by atoms with Crippen molar-refractivity contribution in [2.75, 3.05) is 11.4 Å². The van der Waals surface area contributed by atoms with Crippen LogP contribution in [0.5, 0.6) is 0 Å². The van der Waals surface area contributed by atoms with Gasteiger partial charge in [-0.1, -0.05) is 44.2 Å². The minimum Gasteiger partial charge on any atom is -0.274 e. The topological polar surface area (TPSA) is 80.5 Å². The maximum absolute atomic E-state index is 13.1. The standard InChI is InChI=1S/C20H21N5O2S/c1-14(2)13-18-22-23-20-19(21-16-11-7-8-12-17(16)25(18)20)24(3)28(26,27)15-9-5-4-6-10-15/h4-12,14H,13H2,1-3H3. The van der Waals surface area contributed by atoms with E-state index >= 15 is 0 Å². The molecule has 0 spiro atoms. The van der Waals surface area contributed by atoms with Crippen LogP contribution >= 0.6 is 0 Å². The van der Waals surface area contributed by atoms with Gasteiger partial charge in [0.15, 0.2) is 5.82 Å². The molecule has 0 radical (unpaired) electrons. The van der Waals surface area contributed by atoms with Crippen molar-refractivity contribution in [3.63, 3.8) is 0 Å². The van der Waals surface area contributed by atoms with Crippen molar-refractivity contribution in [3.05, 3.63) is 60.4 Å². The molecule has 0 fully saturated rings. The number of benzene rings is 2. The molecule has 7 nitrogen and oxygen atoms in total. The minimum absolute atomic E-state index is 0.201. The van der Waals surface area contributed by atoms with Gasteiger partial charge in [0.1, 0.15) is 5.82 Å². The molecule has 0 aliphatic rings. The molecule has 0 bridgehead atoms. The molecule has 144 valence electrons. The van der Waals surface area contributed by atoms with Crippen molar-refractivity contribution in [2.45, 2.75) is 25.2 Å². The maximum atomic E-state index is 13.1. The monoisotopic (exact) mass is 395 g/mol. The largest absolute Gasteiger partial charge is 0.274 e. The van der Waals surface area contributed by atoms with E-state index in [0.717, 1.165) is 17.8 Å². The summed E-state index contributed by atoms with van der Waals surface area (Å²) in [4.78, 5) is 4.81. The van der Waals surface area contributed by atoms with Gasteiger partial charge in [0, 0.05) is 13.5 Å². The van der Waals surface area contributed by atoms with Gasteiger partial charge < -0.3 is 0 Å². The minimum atomic E-state index is -3.78. The number of anilines is 1. The van der Waals surface area contributed by atoms with Gasteiger partial charge in [-0.05, 0) is 30.2 Å². The zero-order valence-corrected chi connectivity index (χ0v) is 16.8. The molecular formula is C20H21N5O2S. The molecule has 2 aromatic heterocycles. The van der Waals surface area contributed by atoms with Crippen LogP contribution in [0.1, 0.15) is 19.7 Å². The molecule has 0 N–H and O–H groups in total. The van der Waals surface area contributed by atoms with E-state index in [9.17, 15) is 8.42 Å². The van der Waals surface area contributed by atoms with Gasteiger partial charge in [-0.15, -0.1) is 10.2 Å². The summed E-state index contributed by atoms with van der Waals surface area (Å²) in [5, 5.41) is 8.63. The molecule has 0 aliphatic heterocycles. The van der Waals surface area contributed by atoms with Gasteiger partial charge in [-0.25, -0.2) is 17.7 Å². The first-order valence-electron chi connectivity index (χ1n) is 9.06. The fraction of sp³-hybridized carbons (Fsp3) is 0.250. The van der Waals surface area contributed by atoms with Crippen LogP contribution in [0.25, 0.3) is 16.7 Å². The van der Waals surface area contributed by atoms with Crippen molar-refractivity contribution in [2.24, 2.45) is 5.92 Å². The maximum Gasteiger partial charge on any atom is 0.265 e. The van der Waals surface area contributed by atoms with E-state index in [4.69, 9.17) is 0 Å². The molecule has 0 amide bonds. The SMILES string of the molecule is CC(C)Cc1nnc2c(N(C)S(=O)(=O)c3ccccc3)nc3ccccc3n12. The molecule has 0 aliphatic carbocycles. The van der Waals surface area contributed by atoms with Crippen molar-refractivity contribution < 1.29 is 8.42 Å². The molecule has 0 saturated heterocycles. The number of aromatic nitrogens is 4. The van der Waals surface area contributed by atoms with Gasteiger partial charge in [-0.2, -0.15) is 0 Å². The number of fused-ring (bicyclic) bond motifs is 3. The lowest BCUT2D eigenvalue weighted by atomic mass is 10.1. The highest BCUT2D eigenvalue weighted by Gasteiger charge is 2.26. The van der Waals surface area contributed by atoms with Gasteiger partial charge in [0.05, 0.1) is 15.9 Å². The summed E-state index contributed by atoms with van der Waals surface area (Å²) in [5.74, 6) is 1.42. The summed E-state index contributed by atoms with van der Waals surface area (Å²) in [6, 6.07) is 15.9. The van der Waals surface area contributed by atoms with E-state index in [1.807, 2.05) is 28.7 Å². The third-order valence-electron chi connectivity index (χ3n) is 4.57. The number of hydrogen-bond donors (Lipinski definition) is 0. The lowest BCUT2D eigenvalue weighted by Crippen LogP contribution is -2.28. The number of para-hydroxylation sites is 2. The normalized spacial score (nSPS) is 12.1. The van der Waals surface area contributed by atoms with E-state index in [0.29, 0.717) is 17.1 Å². The summed E-state index contributed by atoms with van der Waals surface area (Å²) >= 11 is 0. The van der Waals surface area contributed by atoms with Gasteiger partial charge >= 0.3 is 0 Å². The summed E-state index contributed by atoms with van der Waals surface area (Å²) < 4.78 is 29.3. The second-order valence-electron chi connectivity index (χ2n) is 7.08. The van der Waals surface area contributed by atoms with Crippen molar-refractivity contribution >= 4 is 32.5 Å². The first-order chi connectivity index (χ1) is 13.4. The Morgan fingerprint density at radius 2 is 1.68 bits per heavy atom. The van der Waals surface area contributed by atoms with Crippen LogP contribution in [0.3, 0.4) is 0 Å². The summed E-state index contributed by atoms with van der Waals surface area (Å²) in [7, 11) is -2.28. The van der Waals surface area contributed by atoms with Crippen LogP contribution in [0.15, 0.2) is 59.5 Å². The predicted octanol–water partition coefficient (Wildman–Crippen LogP) is 3.30. The van der Waals surface area contributed by atoms with E-state index in [1.165, 1.54) is 11.4 Å². The number of nitrogens with zero attached hydrogens (tertiary/aromatic N) is 5. The fourth-order valence-corrected chi connectivity index (χ4v) is 4.37. The lowest BCUT2D eigenvalue weighted by Gasteiger charge is -2.19. The highest BCUT2D eigenvalue weighted by molar-refractivity contribution is 7.92. The molecule has 0 unspecified atom stereocenters. The van der Waals surface area contributed by atoms with Crippen molar-refractivity contribution in [3.8, 4) is 0 Å². The van der Waals surface area contributed by atoms with Crippen LogP contribution in [-0.4, -0.2) is 35.0 Å². The zero-order valence-electron chi connectivity index (χ0n) is 15.9. The lowest BCUT2D eigenvalue weighted by molar-refractivity contribution is 0.594. The first kappa shape index (κ1) is 18.4. The Balaban J connectivity index is 1.97. The fourth-order valence-electron chi connectivity index (χ4n) is 3.20. The zero-order chi connectivity index (χ0) is 19.9. The molecule has 2 aromatic carbocycles. The molecule has 0 saturated carbocycles. The summed E-state index contributed by atoms with van der Waals surface area (Å²) in [6.07, 6.45) is 0.726. The number of rotatable bonds is 5. The highest BCUT2D eigenvalue weighted by Crippen LogP contribution is 2.28. The number of sulfonamides is 1. The quantitative estimate of drug-likeness (QED) is 0.518. The van der Waals surface area contributed by atoms with Crippen LogP contribution in [0.4, 0.5) is 5.82 Å². The predicted molar refractivity (Wildman–Crippen MR) is 109 cm³/mol. The van der Waals surface area contributed by atoms with Gasteiger partial charge in [0.25, 0.3) is 10.0 Å². The average molecular weight is 395 g/mol. The van der Waals surface area contributed by atoms with Gasteiger partial charge in [-0.3, -0.25) is 4.40 Å². The Morgan fingerprint density at radius 3 is 2.39 bits per heavy atom. The number of hydrogen-bond acceptors (Lipinski definition) is 5. The first-order valence-corrected chi connectivity index (χ1v) is 10.5. The molecule has 4 aromatic rings. The molecule has 0 atom stereocenters. The molecule has 28 heavy (non-hydrogen) atoms. The van der Waals surface area contributed by atoms with E-state index in [1.54, 1.807) is 30.3 Å². The third-order valence-corrected chi connectivity index (χ3v) is 6.33. The van der Waals surface area contributed by atoms with Crippen molar-refractivity contribution in [1.29, 1.82) is 0 Å². The second kappa shape index (κ2) is 6.87. The molecular weight excluding hydrogens is 374 g/mol. The van der Waals surface area contributed by atoms with E-state index in [2.05, 4.69) is 29.0 Å². The Labute approximate surface area is 163 Å². The Morgan fingerprint density at radius 1 is 1.00 bits per heavy atom. The third kappa shape index (κ3) is 2.99. The van der Waals surface area contributed by atoms with Crippen LogP contribution in [0, 0.1) is 5.92 Å². The van der Waals surface area contributed by atoms with Crippen LogP contribution in [-0.2, 0) is 16.4 Å². The Bertz CT molecular complexity index is 1250. The second-order valence-corrected chi connectivity index (χ2v) is 9.05.